The van der Waals surface area contributed by atoms with Gasteiger partial charge in [0.1, 0.15) is 0 Å². The monoisotopic (exact) mass is 321 g/mol. The number of aromatic nitrogens is 1. The summed E-state index contributed by atoms with van der Waals surface area (Å²) < 4.78 is 27.2. The number of nitrogens with one attached hydrogen (secondary N) is 1. The second kappa shape index (κ2) is 7.33. The zero-order valence-electron chi connectivity index (χ0n) is 11.2. The molecule has 0 spiro atoms. The van der Waals surface area contributed by atoms with Crippen molar-refractivity contribution >= 4 is 21.4 Å². The Labute approximate surface area is 128 Å². The Balaban J connectivity index is 2.12. The molecule has 0 saturated heterocycles. The Morgan fingerprint density at radius 2 is 2.14 bits per heavy atom. The van der Waals surface area contributed by atoms with Gasteiger partial charge in [0.15, 0.2) is 0 Å². The first kappa shape index (κ1) is 15.7. The van der Waals surface area contributed by atoms with Crippen LogP contribution < -0.4 is 10.5 Å². The standard InChI is InChI=1S/C14H15N3O2S2/c15-8-3-5-12-4-1-2-6-13(12)21(18,19)17-9-7-14-16-10-11-20-14/h1-2,4,6,10-11,17H,7-9,15H2. The highest BCUT2D eigenvalue weighted by molar-refractivity contribution is 7.89. The van der Waals surface area contributed by atoms with Crippen LogP contribution in [0, 0.1) is 11.8 Å². The highest BCUT2D eigenvalue weighted by Gasteiger charge is 2.16. The van der Waals surface area contributed by atoms with Gasteiger partial charge in [-0.1, -0.05) is 24.0 Å². The van der Waals surface area contributed by atoms with Crippen LogP contribution in [-0.4, -0.2) is 26.5 Å². The van der Waals surface area contributed by atoms with Gasteiger partial charge in [-0.25, -0.2) is 18.1 Å². The van der Waals surface area contributed by atoms with Crippen molar-refractivity contribution in [1.82, 2.24) is 9.71 Å². The minimum Gasteiger partial charge on any atom is -0.320 e. The highest BCUT2D eigenvalue weighted by atomic mass is 32.2. The second-order valence-corrected chi connectivity index (χ2v) is 6.79. The summed E-state index contributed by atoms with van der Waals surface area (Å²) in [6, 6.07) is 6.61. The highest BCUT2D eigenvalue weighted by Crippen LogP contribution is 2.14. The molecule has 5 nitrogen and oxygen atoms in total. The van der Waals surface area contributed by atoms with Crippen molar-refractivity contribution in [2.75, 3.05) is 13.1 Å². The minimum absolute atomic E-state index is 0.171. The third-order valence-corrected chi connectivity index (χ3v) is 4.97. The van der Waals surface area contributed by atoms with Gasteiger partial charge in [0.05, 0.1) is 16.4 Å². The molecule has 110 valence electrons. The van der Waals surface area contributed by atoms with E-state index in [9.17, 15) is 8.42 Å². The first-order valence-corrected chi connectivity index (χ1v) is 8.66. The molecule has 0 bridgehead atoms. The van der Waals surface area contributed by atoms with Crippen LogP contribution in [0.2, 0.25) is 0 Å². The SMILES string of the molecule is NCC#Cc1ccccc1S(=O)(=O)NCCc1nccs1. The van der Waals surface area contributed by atoms with E-state index in [4.69, 9.17) is 5.73 Å². The normalized spacial score (nSPS) is 10.9. The molecular formula is C14H15N3O2S2. The van der Waals surface area contributed by atoms with Crippen molar-refractivity contribution in [2.24, 2.45) is 5.73 Å². The molecular weight excluding hydrogens is 306 g/mol. The summed E-state index contributed by atoms with van der Waals surface area (Å²) in [4.78, 5) is 4.29. The summed E-state index contributed by atoms with van der Waals surface area (Å²) in [7, 11) is -3.59. The van der Waals surface area contributed by atoms with Gasteiger partial charge in [0, 0.05) is 30.1 Å². The largest absolute Gasteiger partial charge is 0.320 e. The summed E-state index contributed by atoms with van der Waals surface area (Å²) in [5, 5.41) is 2.76. The molecule has 0 saturated carbocycles. The predicted octanol–water partition coefficient (Wildman–Crippen LogP) is 0.974. The predicted molar refractivity (Wildman–Crippen MR) is 83.4 cm³/mol. The van der Waals surface area contributed by atoms with Gasteiger partial charge in [-0.05, 0) is 12.1 Å². The van der Waals surface area contributed by atoms with Crippen molar-refractivity contribution < 1.29 is 8.42 Å². The molecule has 0 unspecified atom stereocenters. The fraction of sp³-hybridized carbons (Fsp3) is 0.214. The van der Waals surface area contributed by atoms with Gasteiger partial charge in [-0.2, -0.15) is 0 Å². The number of nitrogens with two attached hydrogens (primary N) is 1. The maximum Gasteiger partial charge on any atom is 0.241 e. The summed E-state index contributed by atoms with van der Waals surface area (Å²) in [6.45, 7) is 0.486. The number of thiazole rings is 1. The lowest BCUT2D eigenvalue weighted by Gasteiger charge is -2.07. The van der Waals surface area contributed by atoms with E-state index in [0.29, 0.717) is 18.5 Å². The molecule has 3 N–H and O–H groups in total. The molecule has 0 radical (unpaired) electrons. The molecule has 0 atom stereocenters. The summed E-state index contributed by atoms with van der Waals surface area (Å²) in [6.07, 6.45) is 2.26. The van der Waals surface area contributed by atoms with E-state index in [2.05, 4.69) is 21.5 Å². The van der Waals surface area contributed by atoms with E-state index < -0.39 is 10.0 Å². The van der Waals surface area contributed by atoms with E-state index >= 15 is 0 Å². The summed E-state index contributed by atoms with van der Waals surface area (Å²) in [5.41, 5.74) is 5.77. The fourth-order valence-corrected chi connectivity index (χ4v) is 3.51. The lowest BCUT2D eigenvalue weighted by atomic mass is 10.2. The van der Waals surface area contributed by atoms with E-state index in [0.717, 1.165) is 5.01 Å². The molecule has 21 heavy (non-hydrogen) atoms. The van der Waals surface area contributed by atoms with E-state index in [1.165, 1.54) is 17.4 Å². The molecule has 1 heterocycles. The zero-order valence-corrected chi connectivity index (χ0v) is 12.9. The first-order chi connectivity index (χ1) is 10.1. The van der Waals surface area contributed by atoms with Gasteiger partial charge in [-0.15, -0.1) is 11.3 Å². The Kier molecular flexibility index (Phi) is 5.47. The third kappa shape index (κ3) is 4.37. The lowest BCUT2D eigenvalue weighted by molar-refractivity contribution is 0.581. The molecule has 0 fully saturated rings. The first-order valence-electron chi connectivity index (χ1n) is 6.29. The fourth-order valence-electron chi connectivity index (χ4n) is 1.70. The number of hydrogen-bond acceptors (Lipinski definition) is 5. The van der Waals surface area contributed by atoms with Crippen LogP contribution in [0.3, 0.4) is 0 Å². The van der Waals surface area contributed by atoms with Crippen molar-refractivity contribution in [3.8, 4) is 11.8 Å². The number of hydrogen-bond donors (Lipinski definition) is 2. The van der Waals surface area contributed by atoms with Crippen LogP contribution in [0.5, 0.6) is 0 Å². The average molecular weight is 321 g/mol. The smallest absolute Gasteiger partial charge is 0.241 e. The molecule has 2 rings (SSSR count). The minimum atomic E-state index is -3.59. The van der Waals surface area contributed by atoms with Crippen LogP contribution in [0.1, 0.15) is 10.6 Å². The van der Waals surface area contributed by atoms with Gasteiger partial charge in [0.2, 0.25) is 10.0 Å². The molecule has 0 aliphatic carbocycles. The Bertz CT molecular complexity index is 744. The lowest BCUT2D eigenvalue weighted by Crippen LogP contribution is -2.26. The van der Waals surface area contributed by atoms with Gasteiger partial charge >= 0.3 is 0 Å². The summed E-state index contributed by atoms with van der Waals surface area (Å²) in [5.74, 6) is 5.45. The van der Waals surface area contributed by atoms with Gasteiger partial charge in [0.25, 0.3) is 0 Å². The quantitative estimate of drug-likeness (QED) is 0.804. The number of sulfonamides is 1. The maximum absolute atomic E-state index is 12.3. The Morgan fingerprint density at radius 3 is 2.86 bits per heavy atom. The molecule has 2 aromatic rings. The maximum atomic E-state index is 12.3. The Hall–Kier alpha value is -1.72. The van der Waals surface area contributed by atoms with Crippen molar-refractivity contribution in [3.05, 3.63) is 46.4 Å². The zero-order chi connectivity index (χ0) is 15.1. The molecule has 1 aromatic carbocycles. The van der Waals surface area contributed by atoms with E-state index in [1.54, 1.807) is 24.4 Å². The summed E-state index contributed by atoms with van der Waals surface area (Å²) >= 11 is 1.50. The van der Waals surface area contributed by atoms with Crippen LogP contribution in [0.4, 0.5) is 0 Å². The Morgan fingerprint density at radius 1 is 1.33 bits per heavy atom. The molecule has 1 aromatic heterocycles. The van der Waals surface area contributed by atoms with Crippen molar-refractivity contribution in [1.29, 1.82) is 0 Å². The van der Waals surface area contributed by atoms with Crippen LogP contribution >= 0.6 is 11.3 Å². The number of nitrogens with zero attached hydrogens (tertiary/aromatic N) is 1. The van der Waals surface area contributed by atoms with Crippen LogP contribution in [0.15, 0.2) is 40.7 Å². The van der Waals surface area contributed by atoms with E-state index in [-0.39, 0.29) is 11.4 Å². The molecule has 7 heteroatoms. The number of rotatable bonds is 5. The average Bonchev–Trinajstić information content (AvgIpc) is 2.98. The van der Waals surface area contributed by atoms with E-state index in [1.807, 2.05) is 5.38 Å². The third-order valence-electron chi connectivity index (χ3n) is 2.62. The second-order valence-electron chi connectivity index (χ2n) is 4.08. The number of benzene rings is 1. The topological polar surface area (TPSA) is 85.1 Å². The van der Waals surface area contributed by atoms with Crippen molar-refractivity contribution in [2.45, 2.75) is 11.3 Å². The van der Waals surface area contributed by atoms with Crippen molar-refractivity contribution in [3.63, 3.8) is 0 Å². The molecule has 0 aliphatic rings. The molecule has 0 amide bonds. The van der Waals surface area contributed by atoms with Crippen LogP contribution in [0.25, 0.3) is 0 Å². The van der Waals surface area contributed by atoms with Gasteiger partial charge in [-0.3, -0.25) is 0 Å². The van der Waals surface area contributed by atoms with Gasteiger partial charge < -0.3 is 5.73 Å². The molecule has 0 aliphatic heterocycles. The van der Waals surface area contributed by atoms with Crippen LogP contribution in [-0.2, 0) is 16.4 Å².